The number of H-pyrrole nitrogens is 1. The Morgan fingerprint density at radius 3 is 3.13 bits per heavy atom. The van der Waals surface area contributed by atoms with Gasteiger partial charge in [-0.25, -0.2) is 0 Å². The number of carbonyl (C=O) groups excluding carboxylic acids is 1. The minimum atomic E-state index is -0.186. The van der Waals surface area contributed by atoms with E-state index in [0.29, 0.717) is 9.20 Å². The van der Waals surface area contributed by atoms with E-state index in [1.165, 1.54) is 23.0 Å². The number of carbonyl (C=O) groups is 1. The van der Waals surface area contributed by atoms with Crippen LogP contribution in [0.1, 0.15) is 24.0 Å². The van der Waals surface area contributed by atoms with Gasteiger partial charge >= 0.3 is 0 Å². The molecular weight excluding hydrogens is 334 g/mol. The van der Waals surface area contributed by atoms with Crippen LogP contribution >= 0.6 is 22.9 Å². The first kappa shape index (κ1) is 16.0. The monoisotopic (exact) mass is 349 g/mol. The second-order valence-electron chi connectivity index (χ2n) is 5.30. The predicted octanol–water partition coefficient (Wildman–Crippen LogP) is 1.57. The summed E-state index contributed by atoms with van der Waals surface area (Å²) in [4.78, 5) is 26.3. The number of nitrogens with one attached hydrogen (secondary N) is 1. The normalized spacial score (nSPS) is 15.3. The lowest BCUT2D eigenvalue weighted by Gasteiger charge is -2.17. The van der Waals surface area contributed by atoms with Crippen molar-refractivity contribution in [1.82, 2.24) is 4.98 Å². The van der Waals surface area contributed by atoms with Crippen molar-refractivity contribution in [2.75, 3.05) is 12.5 Å². The zero-order valence-electron chi connectivity index (χ0n) is 12.4. The Bertz CT molecular complexity index is 897. The number of aromatic nitrogens is 1. The fourth-order valence-corrected chi connectivity index (χ4v) is 3.55. The van der Waals surface area contributed by atoms with Gasteiger partial charge in [0.2, 0.25) is 0 Å². The van der Waals surface area contributed by atoms with Crippen molar-refractivity contribution >= 4 is 40.9 Å². The highest BCUT2D eigenvalue weighted by atomic mass is 35.5. The summed E-state index contributed by atoms with van der Waals surface area (Å²) in [7, 11) is 0. The molecule has 0 amide bonds. The minimum absolute atomic E-state index is 0.0880. The van der Waals surface area contributed by atoms with Crippen molar-refractivity contribution in [3.8, 4) is 5.75 Å². The van der Waals surface area contributed by atoms with Gasteiger partial charge in [0.1, 0.15) is 5.75 Å². The number of alkyl halides is 1. The van der Waals surface area contributed by atoms with Crippen LogP contribution in [-0.2, 0) is 11.2 Å². The van der Waals surface area contributed by atoms with Gasteiger partial charge in [0.15, 0.2) is 5.78 Å². The standard InChI is InChI=1S/C17H16ClNO3S/c18-6-5-13(20)10-16-19-17(21)15(23-16)9-11-3-4-14-12(8-11)2-1-7-22-14/h3-4,8-10H,1-2,5-7H2,(H,19,21)/b15-9-,16-10+. The summed E-state index contributed by atoms with van der Waals surface area (Å²) in [6.45, 7) is 0.760. The molecule has 0 saturated carbocycles. The quantitative estimate of drug-likeness (QED) is 0.852. The molecule has 0 atom stereocenters. The van der Waals surface area contributed by atoms with Crippen molar-refractivity contribution in [3.05, 3.63) is 48.9 Å². The van der Waals surface area contributed by atoms with Gasteiger partial charge in [0.05, 0.1) is 15.8 Å². The number of hydrogen-bond acceptors (Lipinski definition) is 4. The van der Waals surface area contributed by atoms with Crippen LogP contribution < -0.4 is 19.5 Å². The van der Waals surface area contributed by atoms with E-state index in [2.05, 4.69) is 11.1 Å². The average Bonchev–Trinajstić information content (AvgIpc) is 2.87. The van der Waals surface area contributed by atoms with E-state index >= 15 is 0 Å². The van der Waals surface area contributed by atoms with E-state index in [1.807, 2.05) is 18.2 Å². The SMILES string of the molecule is O=C(/C=c1\[nH]c(=O)/c(=C/c2ccc3c(c2)CCCO3)s1)CCCl. The van der Waals surface area contributed by atoms with Gasteiger partial charge in [-0.15, -0.1) is 22.9 Å². The molecule has 1 aliphatic heterocycles. The number of ether oxygens (including phenoxy) is 1. The largest absolute Gasteiger partial charge is 0.493 e. The Morgan fingerprint density at radius 2 is 2.30 bits per heavy atom. The fraction of sp³-hybridized carbons (Fsp3) is 0.294. The summed E-state index contributed by atoms with van der Waals surface area (Å²) < 4.78 is 6.72. The molecule has 0 unspecified atom stereocenters. The second kappa shape index (κ2) is 7.15. The van der Waals surface area contributed by atoms with Gasteiger partial charge < -0.3 is 9.72 Å². The number of aryl methyl sites for hydroxylation is 1. The van der Waals surface area contributed by atoms with Crippen molar-refractivity contribution in [1.29, 1.82) is 0 Å². The van der Waals surface area contributed by atoms with Crippen molar-refractivity contribution in [3.63, 3.8) is 0 Å². The third-order valence-corrected chi connectivity index (χ3v) is 4.70. The molecule has 0 bridgehead atoms. The Hall–Kier alpha value is -1.85. The molecule has 0 radical (unpaired) electrons. The molecule has 0 spiro atoms. The zero-order valence-corrected chi connectivity index (χ0v) is 14.0. The van der Waals surface area contributed by atoms with Crippen LogP contribution in [0.25, 0.3) is 12.2 Å². The maximum absolute atomic E-state index is 12.0. The van der Waals surface area contributed by atoms with Gasteiger partial charge in [-0.1, -0.05) is 6.07 Å². The molecule has 2 heterocycles. The zero-order chi connectivity index (χ0) is 16.2. The Morgan fingerprint density at radius 1 is 1.43 bits per heavy atom. The lowest BCUT2D eigenvalue weighted by atomic mass is 10.0. The Balaban J connectivity index is 1.95. The molecule has 1 aromatic carbocycles. The van der Waals surface area contributed by atoms with Crippen LogP contribution in [0.4, 0.5) is 0 Å². The summed E-state index contributed by atoms with van der Waals surface area (Å²) >= 11 is 6.81. The molecule has 4 nitrogen and oxygen atoms in total. The van der Waals surface area contributed by atoms with Crippen LogP contribution in [0.15, 0.2) is 23.0 Å². The van der Waals surface area contributed by atoms with E-state index < -0.39 is 0 Å². The van der Waals surface area contributed by atoms with Crippen LogP contribution in [0.2, 0.25) is 0 Å². The summed E-state index contributed by atoms with van der Waals surface area (Å²) in [5.41, 5.74) is 1.94. The lowest BCUT2D eigenvalue weighted by molar-refractivity contribution is -0.112. The number of rotatable bonds is 4. The van der Waals surface area contributed by atoms with Crippen molar-refractivity contribution in [2.45, 2.75) is 19.3 Å². The first-order valence-corrected chi connectivity index (χ1v) is 8.78. The maximum Gasteiger partial charge on any atom is 0.266 e. The van der Waals surface area contributed by atoms with E-state index in [1.54, 1.807) is 0 Å². The third-order valence-electron chi connectivity index (χ3n) is 3.54. The number of Topliss-reactive ketones (excluding diaryl/α,β-unsaturated/α-hetero) is 1. The number of benzene rings is 1. The molecule has 0 saturated heterocycles. The number of fused-ring (bicyclic) bond motifs is 1. The molecule has 3 rings (SSSR count). The Labute approximate surface area is 142 Å². The molecule has 0 fully saturated rings. The third kappa shape index (κ3) is 3.92. The number of ketones is 1. The molecule has 0 aliphatic carbocycles. The number of halogens is 1. The van der Waals surface area contributed by atoms with Crippen LogP contribution in [0, 0.1) is 0 Å². The van der Waals surface area contributed by atoms with E-state index in [4.69, 9.17) is 16.3 Å². The number of hydrogen-bond donors (Lipinski definition) is 1. The first-order valence-electron chi connectivity index (χ1n) is 7.43. The topological polar surface area (TPSA) is 59.2 Å². The van der Waals surface area contributed by atoms with Gasteiger partial charge in [-0.05, 0) is 42.2 Å². The molecular formula is C17H16ClNO3S. The Kier molecular flexibility index (Phi) is 4.98. The highest BCUT2D eigenvalue weighted by Gasteiger charge is 2.09. The summed E-state index contributed by atoms with van der Waals surface area (Å²) in [6, 6.07) is 5.93. The molecule has 6 heteroatoms. The molecule has 1 N–H and O–H groups in total. The predicted molar refractivity (Wildman–Crippen MR) is 92.8 cm³/mol. The lowest BCUT2D eigenvalue weighted by Crippen LogP contribution is -2.20. The molecule has 2 aromatic rings. The minimum Gasteiger partial charge on any atom is -0.493 e. The van der Waals surface area contributed by atoms with Gasteiger partial charge in [-0.2, -0.15) is 0 Å². The van der Waals surface area contributed by atoms with E-state index in [9.17, 15) is 9.59 Å². The van der Waals surface area contributed by atoms with Gasteiger partial charge in [0.25, 0.3) is 5.56 Å². The van der Waals surface area contributed by atoms with Gasteiger partial charge in [-0.3, -0.25) is 9.59 Å². The molecule has 23 heavy (non-hydrogen) atoms. The van der Waals surface area contributed by atoms with E-state index in [0.717, 1.165) is 30.8 Å². The summed E-state index contributed by atoms with van der Waals surface area (Å²) in [5, 5.41) is 0. The average molecular weight is 350 g/mol. The van der Waals surface area contributed by atoms with Gasteiger partial charge in [0, 0.05) is 18.4 Å². The highest BCUT2D eigenvalue weighted by Crippen LogP contribution is 2.25. The number of thiazole rings is 1. The smallest absolute Gasteiger partial charge is 0.266 e. The molecule has 1 aliphatic rings. The van der Waals surface area contributed by atoms with Crippen LogP contribution in [0.3, 0.4) is 0 Å². The summed E-state index contributed by atoms with van der Waals surface area (Å²) in [5.74, 6) is 1.12. The first-order chi connectivity index (χ1) is 11.2. The van der Waals surface area contributed by atoms with E-state index in [-0.39, 0.29) is 23.6 Å². The van der Waals surface area contributed by atoms with Crippen molar-refractivity contribution < 1.29 is 9.53 Å². The summed E-state index contributed by atoms with van der Waals surface area (Å²) in [6.07, 6.45) is 5.54. The van der Waals surface area contributed by atoms with Crippen LogP contribution in [0.5, 0.6) is 5.75 Å². The fourth-order valence-electron chi connectivity index (χ4n) is 2.46. The highest BCUT2D eigenvalue weighted by molar-refractivity contribution is 7.07. The van der Waals surface area contributed by atoms with Crippen molar-refractivity contribution in [2.24, 2.45) is 0 Å². The van der Waals surface area contributed by atoms with Crippen LogP contribution in [-0.4, -0.2) is 23.3 Å². The molecule has 1 aromatic heterocycles. The second-order valence-corrected chi connectivity index (χ2v) is 6.76. The number of aromatic amines is 1. The molecule has 120 valence electrons. The maximum atomic E-state index is 12.0.